The van der Waals surface area contributed by atoms with Crippen molar-refractivity contribution in [2.24, 2.45) is 23.7 Å². The molecule has 0 spiro atoms. The standard InChI is InChI=1S/C20H24ClNO/c21-18-4-2-1-3-15(18)16-8-17(16)19(23)22-20-9-12-5-13(10-20)7-14(6-12)11-20/h1-4,12-14,16-17H,5-11H2,(H,22,23). The zero-order valence-electron chi connectivity index (χ0n) is 13.4. The molecule has 0 radical (unpaired) electrons. The van der Waals surface area contributed by atoms with Gasteiger partial charge in [0, 0.05) is 16.5 Å². The van der Waals surface area contributed by atoms with E-state index in [9.17, 15) is 4.79 Å². The SMILES string of the molecule is O=C(NC12CC3CC(CC(C3)C1)C2)C1CC1c1ccccc1Cl. The molecule has 6 rings (SSSR count). The van der Waals surface area contributed by atoms with E-state index in [0.29, 0.717) is 5.92 Å². The molecular formula is C20H24ClNO. The average Bonchev–Trinajstić information content (AvgIpc) is 3.26. The van der Waals surface area contributed by atoms with E-state index in [1.165, 1.54) is 38.5 Å². The number of hydrogen-bond donors (Lipinski definition) is 1. The Hall–Kier alpha value is -1.02. The van der Waals surface area contributed by atoms with Crippen LogP contribution in [0, 0.1) is 23.7 Å². The van der Waals surface area contributed by atoms with Gasteiger partial charge in [-0.05, 0) is 80.2 Å². The van der Waals surface area contributed by atoms with E-state index in [-0.39, 0.29) is 17.4 Å². The van der Waals surface area contributed by atoms with E-state index in [4.69, 9.17) is 11.6 Å². The maximum Gasteiger partial charge on any atom is 0.224 e. The zero-order chi connectivity index (χ0) is 15.6. The molecule has 5 aliphatic carbocycles. The van der Waals surface area contributed by atoms with Crippen molar-refractivity contribution in [2.45, 2.75) is 56.4 Å². The normalized spacial score (nSPS) is 43.4. The molecule has 5 fully saturated rings. The van der Waals surface area contributed by atoms with E-state index in [0.717, 1.165) is 34.8 Å². The molecule has 1 N–H and O–H groups in total. The molecule has 0 aliphatic heterocycles. The first kappa shape index (κ1) is 14.3. The fraction of sp³-hybridized carbons (Fsp3) is 0.650. The van der Waals surface area contributed by atoms with E-state index < -0.39 is 0 Å². The van der Waals surface area contributed by atoms with Crippen molar-refractivity contribution in [3.63, 3.8) is 0 Å². The third-order valence-electron chi connectivity index (χ3n) is 6.86. The lowest BCUT2D eigenvalue weighted by atomic mass is 9.53. The van der Waals surface area contributed by atoms with Crippen LogP contribution in [0.2, 0.25) is 5.02 Å². The lowest BCUT2D eigenvalue weighted by Gasteiger charge is -2.57. The number of carbonyl (C=O) groups excluding carboxylic acids is 1. The summed E-state index contributed by atoms with van der Waals surface area (Å²) < 4.78 is 0. The summed E-state index contributed by atoms with van der Waals surface area (Å²) in [4.78, 5) is 12.8. The van der Waals surface area contributed by atoms with Crippen molar-refractivity contribution in [3.8, 4) is 0 Å². The molecule has 5 saturated carbocycles. The van der Waals surface area contributed by atoms with Gasteiger partial charge < -0.3 is 5.32 Å². The van der Waals surface area contributed by atoms with Gasteiger partial charge in [0.25, 0.3) is 0 Å². The van der Waals surface area contributed by atoms with Crippen LogP contribution < -0.4 is 5.32 Å². The Morgan fingerprint density at radius 1 is 1.00 bits per heavy atom. The smallest absolute Gasteiger partial charge is 0.224 e. The van der Waals surface area contributed by atoms with Crippen molar-refractivity contribution in [3.05, 3.63) is 34.9 Å². The minimum Gasteiger partial charge on any atom is -0.350 e. The predicted octanol–water partition coefficient (Wildman–Crippen LogP) is 4.53. The Bertz CT molecular complexity index is 620. The van der Waals surface area contributed by atoms with E-state index in [2.05, 4.69) is 11.4 Å². The van der Waals surface area contributed by atoms with Crippen LogP contribution >= 0.6 is 11.6 Å². The molecule has 0 saturated heterocycles. The number of rotatable bonds is 3. The highest BCUT2D eigenvalue weighted by molar-refractivity contribution is 6.31. The first-order valence-corrected chi connectivity index (χ1v) is 9.56. The number of amides is 1. The molecule has 0 aromatic heterocycles. The summed E-state index contributed by atoms with van der Waals surface area (Å²) >= 11 is 6.30. The lowest BCUT2D eigenvalue weighted by Crippen LogP contribution is -2.60. The minimum absolute atomic E-state index is 0.138. The second-order valence-electron chi connectivity index (χ2n) is 8.66. The monoisotopic (exact) mass is 329 g/mol. The Morgan fingerprint density at radius 3 is 2.22 bits per heavy atom. The first-order chi connectivity index (χ1) is 11.1. The summed E-state index contributed by atoms with van der Waals surface area (Å²) in [5.41, 5.74) is 1.29. The van der Waals surface area contributed by atoms with Gasteiger partial charge in [-0.3, -0.25) is 4.79 Å². The van der Waals surface area contributed by atoms with Crippen molar-refractivity contribution in [1.29, 1.82) is 0 Å². The molecule has 5 aliphatic rings. The summed E-state index contributed by atoms with van der Waals surface area (Å²) in [5, 5.41) is 4.33. The van der Waals surface area contributed by atoms with Crippen LogP contribution in [0.5, 0.6) is 0 Å². The van der Waals surface area contributed by atoms with Crippen LogP contribution in [0.25, 0.3) is 0 Å². The Labute approximate surface area is 143 Å². The van der Waals surface area contributed by atoms with Crippen LogP contribution in [0.1, 0.15) is 56.4 Å². The highest BCUT2D eigenvalue weighted by Crippen LogP contribution is 2.56. The molecular weight excluding hydrogens is 306 g/mol. The van der Waals surface area contributed by atoms with E-state index in [1.807, 2.05) is 18.2 Å². The van der Waals surface area contributed by atoms with Crippen LogP contribution in [0.3, 0.4) is 0 Å². The summed E-state index contributed by atoms with van der Waals surface area (Å²) in [7, 11) is 0. The second kappa shape index (κ2) is 4.99. The molecule has 2 unspecified atom stereocenters. The third-order valence-corrected chi connectivity index (χ3v) is 7.20. The van der Waals surface area contributed by atoms with Crippen molar-refractivity contribution < 1.29 is 4.79 Å². The summed E-state index contributed by atoms with van der Waals surface area (Å²) in [5.74, 6) is 3.39. The Kier molecular flexibility index (Phi) is 3.11. The van der Waals surface area contributed by atoms with Crippen LogP contribution in [-0.4, -0.2) is 11.4 Å². The maximum absolute atomic E-state index is 12.8. The van der Waals surface area contributed by atoms with Crippen molar-refractivity contribution >= 4 is 17.5 Å². The summed E-state index contributed by atoms with van der Waals surface area (Å²) in [6, 6.07) is 7.99. The van der Waals surface area contributed by atoms with Crippen molar-refractivity contribution in [1.82, 2.24) is 5.32 Å². The molecule has 1 aromatic rings. The Balaban J connectivity index is 1.29. The van der Waals surface area contributed by atoms with Crippen molar-refractivity contribution in [2.75, 3.05) is 0 Å². The largest absolute Gasteiger partial charge is 0.350 e. The Morgan fingerprint density at radius 2 is 1.61 bits per heavy atom. The zero-order valence-corrected chi connectivity index (χ0v) is 14.2. The number of carbonyl (C=O) groups is 1. The molecule has 0 heterocycles. The molecule has 23 heavy (non-hydrogen) atoms. The number of nitrogens with one attached hydrogen (secondary N) is 1. The molecule has 1 aromatic carbocycles. The van der Waals surface area contributed by atoms with Crippen LogP contribution in [-0.2, 0) is 4.79 Å². The summed E-state index contributed by atoms with van der Waals surface area (Å²) in [6.45, 7) is 0. The molecule has 2 atom stereocenters. The van der Waals surface area contributed by atoms with E-state index >= 15 is 0 Å². The van der Waals surface area contributed by atoms with Gasteiger partial charge in [0.2, 0.25) is 5.91 Å². The lowest BCUT2D eigenvalue weighted by molar-refractivity contribution is -0.128. The fourth-order valence-electron chi connectivity index (χ4n) is 6.22. The minimum atomic E-state index is 0.138. The quantitative estimate of drug-likeness (QED) is 0.867. The average molecular weight is 330 g/mol. The summed E-state index contributed by atoms with van der Waals surface area (Å²) in [6.07, 6.45) is 8.90. The molecule has 1 amide bonds. The van der Waals surface area contributed by atoms with Gasteiger partial charge >= 0.3 is 0 Å². The number of benzene rings is 1. The fourth-order valence-corrected chi connectivity index (χ4v) is 6.50. The topological polar surface area (TPSA) is 29.1 Å². The molecule has 3 heteroatoms. The number of hydrogen-bond acceptors (Lipinski definition) is 1. The van der Waals surface area contributed by atoms with Gasteiger partial charge in [-0.25, -0.2) is 0 Å². The molecule has 122 valence electrons. The third kappa shape index (κ3) is 2.41. The molecule has 2 nitrogen and oxygen atoms in total. The van der Waals surface area contributed by atoms with E-state index in [1.54, 1.807) is 0 Å². The van der Waals surface area contributed by atoms with Gasteiger partial charge in [-0.15, -0.1) is 0 Å². The van der Waals surface area contributed by atoms with Gasteiger partial charge in [0.1, 0.15) is 0 Å². The number of halogens is 1. The van der Waals surface area contributed by atoms with Crippen LogP contribution in [0.4, 0.5) is 0 Å². The molecule has 4 bridgehead atoms. The highest BCUT2D eigenvalue weighted by Gasteiger charge is 2.53. The first-order valence-electron chi connectivity index (χ1n) is 9.18. The second-order valence-corrected chi connectivity index (χ2v) is 9.06. The van der Waals surface area contributed by atoms with Crippen LogP contribution in [0.15, 0.2) is 24.3 Å². The van der Waals surface area contributed by atoms with Gasteiger partial charge in [0.15, 0.2) is 0 Å². The van der Waals surface area contributed by atoms with Gasteiger partial charge in [-0.2, -0.15) is 0 Å². The predicted molar refractivity (Wildman–Crippen MR) is 91.3 cm³/mol. The highest BCUT2D eigenvalue weighted by atomic mass is 35.5. The van der Waals surface area contributed by atoms with Gasteiger partial charge in [-0.1, -0.05) is 29.8 Å². The van der Waals surface area contributed by atoms with Gasteiger partial charge in [0.05, 0.1) is 0 Å². The maximum atomic E-state index is 12.8.